The van der Waals surface area contributed by atoms with Gasteiger partial charge in [-0.2, -0.15) is 0 Å². The topological polar surface area (TPSA) is 129 Å². The van der Waals surface area contributed by atoms with Gasteiger partial charge in [0.2, 0.25) is 5.91 Å². The first-order valence-corrected chi connectivity index (χ1v) is 13.5. The minimum absolute atomic E-state index is 0. The fraction of sp³-hybridized carbons (Fsp3) is 0.179. The molecule has 10 heteroatoms. The molecule has 0 spiro atoms. The number of carbonyl (C=O) groups is 1. The Labute approximate surface area is 227 Å². The highest BCUT2D eigenvalue weighted by atomic mass is 35.5. The Morgan fingerprint density at radius 2 is 1.87 bits per heavy atom. The molecule has 4 N–H and O–H groups in total. The Bertz CT molecular complexity index is 1600. The first-order chi connectivity index (χ1) is 17.8. The monoisotopic (exact) mass is 549 g/mol. The van der Waals surface area contributed by atoms with E-state index in [1.807, 2.05) is 30.3 Å². The lowest BCUT2D eigenvalue weighted by Crippen LogP contribution is -2.35. The van der Waals surface area contributed by atoms with E-state index in [9.17, 15) is 13.2 Å². The molecule has 3 aromatic carbocycles. The SMILES string of the molecule is Cl.N=C(N)c1ccc(CCC(=O)N2CCCc3cc(NS(=O)(=O)c4cccc5cnccc45)ccc32)cc1. The number of hydrogen-bond acceptors (Lipinski definition) is 5. The van der Waals surface area contributed by atoms with Gasteiger partial charge in [-0.25, -0.2) is 8.42 Å². The van der Waals surface area contributed by atoms with Crippen LogP contribution in [0.5, 0.6) is 0 Å². The Balaban J connectivity index is 0.00000336. The maximum absolute atomic E-state index is 13.2. The van der Waals surface area contributed by atoms with Crippen LogP contribution in [0.25, 0.3) is 10.8 Å². The molecule has 0 bridgehead atoms. The fourth-order valence-electron chi connectivity index (χ4n) is 4.69. The molecule has 8 nitrogen and oxygen atoms in total. The van der Waals surface area contributed by atoms with E-state index in [2.05, 4.69) is 9.71 Å². The molecule has 2 heterocycles. The predicted molar refractivity (Wildman–Crippen MR) is 153 cm³/mol. The summed E-state index contributed by atoms with van der Waals surface area (Å²) in [5.41, 5.74) is 9.39. The van der Waals surface area contributed by atoms with Crippen LogP contribution in [-0.2, 0) is 27.7 Å². The van der Waals surface area contributed by atoms with Crippen LogP contribution in [0.15, 0.2) is 84.0 Å². The minimum atomic E-state index is -3.82. The number of nitrogens with two attached hydrogens (primary N) is 1. The smallest absolute Gasteiger partial charge is 0.262 e. The van der Waals surface area contributed by atoms with Gasteiger partial charge < -0.3 is 10.6 Å². The predicted octanol–water partition coefficient (Wildman–Crippen LogP) is 4.65. The number of benzene rings is 3. The van der Waals surface area contributed by atoms with E-state index in [4.69, 9.17) is 11.1 Å². The number of rotatable bonds is 7. The number of nitrogen functional groups attached to an aromatic ring is 1. The summed E-state index contributed by atoms with van der Waals surface area (Å²) < 4.78 is 29.1. The maximum Gasteiger partial charge on any atom is 0.262 e. The van der Waals surface area contributed by atoms with Gasteiger partial charge in [-0.15, -0.1) is 12.4 Å². The normalized spacial score (nSPS) is 12.9. The van der Waals surface area contributed by atoms with Crippen molar-refractivity contribution in [3.05, 3.63) is 95.8 Å². The lowest BCUT2D eigenvalue weighted by atomic mass is 10.00. The molecule has 4 aromatic rings. The van der Waals surface area contributed by atoms with E-state index in [1.165, 1.54) is 0 Å². The average molecular weight is 550 g/mol. The Hall–Kier alpha value is -3.95. The molecular weight excluding hydrogens is 522 g/mol. The van der Waals surface area contributed by atoms with Gasteiger partial charge in [-0.3, -0.25) is 19.9 Å². The summed E-state index contributed by atoms with van der Waals surface area (Å²) >= 11 is 0. The summed E-state index contributed by atoms with van der Waals surface area (Å²) in [5.74, 6) is 0.0397. The second-order valence-electron chi connectivity index (χ2n) is 9.06. The van der Waals surface area contributed by atoms with Crippen molar-refractivity contribution < 1.29 is 13.2 Å². The third kappa shape index (κ3) is 5.64. The highest BCUT2D eigenvalue weighted by Crippen LogP contribution is 2.32. The van der Waals surface area contributed by atoms with Crippen LogP contribution < -0.4 is 15.4 Å². The number of hydrogen-bond donors (Lipinski definition) is 3. The van der Waals surface area contributed by atoms with Gasteiger partial charge in [0.05, 0.1) is 4.90 Å². The van der Waals surface area contributed by atoms with Crippen LogP contribution in [0, 0.1) is 5.41 Å². The number of anilines is 2. The molecule has 196 valence electrons. The van der Waals surface area contributed by atoms with E-state index in [0.29, 0.717) is 36.0 Å². The third-order valence-corrected chi connectivity index (χ3v) is 8.01. The molecule has 1 aromatic heterocycles. The van der Waals surface area contributed by atoms with Gasteiger partial charge in [-0.05, 0) is 60.7 Å². The second kappa shape index (κ2) is 11.2. The van der Waals surface area contributed by atoms with Crippen molar-refractivity contribution in [2.45, 2.75) is 30.6 Å². The van der Waals surface area contributed by atoms with Crippen molar-refractivity contribution in [1.82, 2.24) is 4.98 Å². The number of aromatic nitrogens is 1. The van der Waals surface area contributed by atoms with Gasteiger partial charge in [-0.1, -0.05) is 36.4 Å². The molecule has 0 saturated heterocycles. The number of fused-ring (bicyclic) bond motifs is 2. The summed E-state index contributed by atoms with van der Waals surface area (Å²) in [6.45, 7) is 0.629. The molecule has 38 heavy (non-hydrogen) atoms. The summed E-state index contributed by atoms with van der Waals surface area (Å²) in [6, 6.07) is 19.5. The van der Waals surface area contributed by atoms with Crippen molar-refractivity contribution >= 4 is 56.3 Å². The largest absolute Gasteiger partial charge is 0.384 e. The van der Waals surface area contributed by atoms with E-state index >= 15 is 0 Å². The zero-order valence-electron chi connectivity index (χ0n) is 20.6. The van der Waals surface area contributed by atoms with Crippen molar-refractivity contribution in [1.29, 1.82) is 5.41 Å². The average Bonchev–Trinajstić information content (AvgIpc) is 2.91. The summed E-state index contributed by atoms with van der Waals surface area (Å²) in [5, 5.41) is 8.85. The lowest BCUT2D eigenvalue weighted by Gasteiger charge is -2.30. The van der Waals surface area contributed by atoms with E-state index in [-0.39, 0.29) is 29.0 Å². The maximum atomic E-state index is 13.2. The number of aryl methyl sites for hydroxylation is 2. The Kier molecular flexibility index (Phi) is 7.99. The first-order valence-electron chi connectivity index (χ1n) is 12.0. The van der Waals surface area contributed by atoms with Crippen molar-refractivity contribution in [2.75, 3.05) is 16.2 Å². The minimum Gasteiger partial charge on any atom is -0.384 e. The number of amidine groups is 1. The molecule has 0 unspecified atom stereocenters. The van der Waals surface area contributed by atoms with Crippen LogP contribution in [0.4, 0.5) is 11.4 Å². The Morgan fingerprint density at radius 1 is 1.08 bits per heavy atom. The third-order valence-electron chi connectivity index (χ3n) is 6.57. The summed E-state index contributed by atoms with van der Waals surface area (Å²) in [6.07, 6.45) is 5.72. The molecular formula is C28H28ClN5O3S. The molecule has 0 fully saturated rings. The number of amides is 1. The molecule has 0 atom stereocenters. The quantitative estimate of drug-likeness (QED) is 0.228. The van der Waals surface area contributed by atoms with Gasteiger partial charge in [0.1, 0.15) is 5.84 Å². The zero-order chi connectivity index (χ0) is 26.0. The number of nitrogens with one attached hydrogen (secondary N) is 2. The Morgan fingerprint density at radius 3 is 2.63 bits per heavy atom. The second-order valence-corrected chi connectivity index (χ2v) is 10.7. The highest BCUT2D eigenvalue weighted by molar-refractivity contribution is 7.93. The molecule has 0 saturated carbocycles. The van der Waals surface area contributed by atoms with Crippen molar-refractivity contribution in [3.8, 4) is 0 Å². The van der Waals surface area contributed by atoms with E-state index < -0.39 is 10.0 Å². The molecule has 0 radical (unpaired) electrons. The molecule has 1 aliphatic heterocycles. The molecule has 1 aliphatic rings. The number of halogens is 1. The van der Waals surface area contributed by atoms with Crippen LogP contribution in [0.2, 0.25) is 0 Å². The highest BCUT2D eigenvalue weighted by Gasteiger charge is 2.24. The van der Waals surface area contributed by atoms with E-state index in [0.717, 1.165) is 35.0 Å². The van der Waals surface area contributed by atoms with Gasteiger partial charge in [0.25, 0.3) is 10.0 Å². The molecule has 1 amide bonds. The van der Waals surface area contributed by atoms with Crippen LogP contribution in [-0.4, -0.2) is 31.7 Å². The lowest BCUT2D eigenvalue weighted by molar-refractivity contribution is -0.118. The van der Waals surface area contributed by atoms with Gasteiger partial charge in [0, 0.05) is 53.1 Å². The number of carbonyl (C=O) groups excluding carboxylic acids is 1. The number of nitrogens with zero attached hydrogens (tertiary/aromatic N) is 2. The van der Waals surface area contributed by atoms with Crippen LogP contribution >= 0.6 is 12.4 Å². The molecule has 5 rings (SSSR count). The van der Waals surface area contributed by atoms with Crippen LogP contribution in [0.3, 0.4) is 0 Å². The summed E-state index contributed by atoms with van der Waals surface area (Å²) in [7, 11) is -3.82. The van der Waals surface area contributed by atoms with E-state index in [1.54, 1.807) is 53.7 Å². The zero-order valence-corrected chi connectivity index (χ0v) is 22.2. The standard InChI is InChI=1S/C28H27N5O3S.ClH/c29-28(30)20-9-6-19(7-10-20)8-13-27(34)33-16-2-4-21-17-23(11-12-25(21)33)32-37(35,36)26-5-1-3-22-18-31-15-14-24(22)26;/h1,3,5-7,9-12,14-15,17-18,32H,2,4,8,13,16H2,(H3,29,30);1H. The van der Waals surface area contributed by atoms with Crippen LogP contribution in [0.1, 0.15) is 29.5 Å². The van der Waals surface area contributed by atoms with Crippen molar-refractivity contribution in [2.24, 2.45) is 5.73 Å². The van der Waals surface area contributed by atoms with Gasteiger partial charge in [0.15, 0.2) is 0 Å². The number of sulfonamides is 1. The first kappa shape index (κ1) is 27.1. The molecule has 0 aliphatic carbocycles. The fourth-order valence-corrected chi connectivity index (χ4v) is 5.97. The number of pyridine rings is 1. The summed E-state index contributed by atoms with van der Waals surface area (Å²) in [4.78, 5) is 19.1. The van der Waals surface area contributed by atoms with Crippen molar-refractivity contribution in [3.63, 3.8) is 0 Å². The van der Waals surface area contributed by atoms with Gasteiger partial charge >= 0.3 is 0 Å².